The van der Waals surface area contributed by atoms with Crippen molar-refractivity contribution in [3.8, 4) is 0 Å². The highest BCUT2D eigenvalue weighted by atomic mass is 79.9. The summed E-state index contributed by atoms with van der Waals surface area (Å²) in [5.41, 5.74) is 0. The minimum Gasteiger partial charge on any atom is -0.355 e. The molecule has 6 heteroatoms. The molecule has 3 heterocycles. The maximum Gasteiger partial charge on any atom is 0.236 e. The highest BCUT2D eigenvalue weighted by Gasteiger charge is 2.22. The summed E-state index contributed by atoms with van der Waals surface area (Å²) in [5.74, 6) is 1.32. The van der Waals surface area contributed by atoms with Crippen LogP contribution in [0.2, 0.25) is 0 Å². The highest BCUT2D eigenvalue weighted by molar-refractivity contribution is 9.10. The lowest BCUT2D eigenvalue weighted by Crippen LogP contribution is -2.40. The van der Waals surface area contributed by atoms with Crippen LogP contribution in [0.3, 0.4) is 0 Å². The van der Waals surface area contributed by atoms with Crippen LogP contribution in [0.25, 0.3) is 0 Å². The van der Waals surface area contributed by atoms with Gasteiger partial charge in [0.2, 0.25) is 5.91 Å². The van der Waals surface area contributed by atoms with E-state index in [0.29, 0.717) is 12.5 Å². The third kappa shape index (κ3) is 3.98. The molecule has 1 aromatic rings. The first kappa shape index (κ1) is 15.7. The van der Waals surface area contributed by atoms with Crippen LogP contribution in [0.5, 0.6) is 0 Å². The zero-order valence-corrected chi connectivity index (χ0v) is 14.5. The second-order valence-corrected chi connectivity index (χ2v) is 6.95. The van der Waals surface area contributed by atoms with Gasteiger partial charge in [0.05, 0.1) is 6.54 Å². The molecule has 0 N–H and O–H groups in total. The fourth-order valence-corrected chi connectivity index (χ4v) is 3.41. The summed E-state index contributed by atoms with van der Waals surface area (Å²) < 4.78 is 1.00. The lowest BCUT2D eigenvalue weighted by Gasteiger charge is -2.24. The molecule has 0 bridgehead atoms. The monoisotopic (exact) mass is 366 g/mol. The number of anilines is 1. The van der Waals surface area contributed by atoms with Gasteiger partial charge in [-0.1, -0.05) is 0 Å². The Balaban J connectivity index is 1.53. The molecule has 2 saturated heterocycles. The smallest absolute Gasteiger partial charge is 0.236 e. The van der Waals surface area contributed by atoms with Crippen molar-refractivity contribution in [1.82, 2.24) is 14.8 Å². The molecule has 2 aliphatic heterocycles. The number of likely N-dealkylation sites (tertiary alicyclic amines) is 1. The summed E-state index contributed by atoms with van der Waals surface area (Å²) >= 11 is 3.42. The number of nitrogens with zero attached hydrogens (tertiary/aromatic N) is 4. The topological polar surface area (TPSA) is 39.7 Å². The van der Waals surface area contributed by atoms with E-state index in [1.54, 1.807) is 0 Å². The van der Waals surface area contributed by atoms with Crippen molar-refractivity contribution in [2.45, 2.75) is 19.3 Å². The minimum absolute atomic E-state index is 0.299. The van der Waals surface area contributed by atoms with Gasteiger partial charge in [0.25, 0.3) is 0 Å². The molecule has 2 aliphatic rings. The average Bonchev–Trinajstić information content (AvgIpc) is 2.96. The molecule has 0 saturated carbocycles. The van der Waals surface area contributed by atoms with Crippen LogP contribution in [0.4, 0.5) is 5.82 Å². The predicted octanol–water partition coefficient (Wildman–Crippen LogP) is 1.98. The Morgan fingerprint density at radius 1 is 1.05 bits per heavy atom. The number of pyridine rings is 1. The number of hydrogen-bond donors (Lipinski definition) is 0. The molecule has 0 aliphatic carbocycles. The van der Waals surface area contributed by atoms with E-state index >= 15 is 0 Å². The standard InChI is InChI=1S/C16H23BrN4O/c17-14-4-5-15(18-12-14)20-9-3-6-19(10-11-20)13-16(22)21-7-1-2-8-21/h4-5,12H,1-3,6-11,13H2. The summed E-state index contributed by atoms with van der Waals surface area (Å²) in [6, 6.07) is 4.08. The average molecular weight is 367 g/mol. The number of hydrogen-bond acceptors (Lipinski definition) is 4. The Morgan fingerprint density at radius 3 is 2.59 bits per heavy atom. The molecule has 120 valence electrons. The maximum atomic E-state index is 12.3. The van der Waals surface area contributed by atoms with Crippen LogP contribution in [-0.2, 0) is 4.79 Å². The largest absolute Gasteiger partial charge is 0.355 e. The third-order valence-electron chi connectivity index (χ3n) is 4.44. The van der Waals surface area contributed by atoms with Crippen molar-refractivity contribution in [3.05, 3.63) is 22.8 Å². The number of carbonyl (C=O) groups excluding carboxylic acids is 1. The molecule has 2 fully saturated rings. The maximum absolute atomic E-state index is 12.3. The van der Waals surface area contributed by atoms with Crippen LogP contribution >= 0.6 is 15.9 Å². The number of rotatable bonds is 3. The van der Waals surface area contributed by atoms with Gasteiger partial charge in [-0.15, -0.1) is 0 Å². The van der Waals surface area contributed by atoms with E-state index in [1.807, 2.05) is 17.2 Å². The lowest BCUT2D eigenvalue weighted by atomic mass is 10.3. The van der Waals surface area contributed by atoms with E-state index < -0.39 is 0 Å². The summed E-state index contributed by atoms with van der Waals surface area (Å²) in [7, 11) is 0. The summed E-state index contributed by atoms with van der Waals surface area (Å²) in [4.78, 5) is 23.4. The van der Waals surface area contributed by atoms with Crippen molar-refractivity contribution in [2.75, 3.05) is 50.7 Å². The molecule has 3 rings (SSSR count). The van der Waals surface area contributed by atoms with Gasteiger partial charge in [0.1, 0.15) is 5.82 Å². The van der Waals surface area contributed by atoms with E-state index in [4.69, 9.17) is 0 Å². The molecule has 1 aromatic heterocycles. The fourth-order valence-electron chi connectivity index (χ4n) is 3.17. The van der Waals surface area contributed by atoms with Crippen molar-refractivity contribution in [2.24, 2.45) is 0 Å². The molecule has 0 atom stereocenters. The van der Waals surface area contributed by atoms with Gasteiger partial charge in [-0.05, 0) is 47.3 Å². The van der Waals surface area contributed by atoms with Crippen molar-refractivity contribution in [3.63, 3.8) is 0 Å². The molecular weight excluding hydrogens is 344 g/mol. The van der Waals surface area contributed by atoms with Gasteiger partial charge in [0, 0.05) is 49.9 Å². The Kier molecular flexibility index (Phi) is 5.31. The van der Waals surface area contributed by atoms with Gasteiger partial charge in [-0.3, -0.25) is 9.69 Å². The quantitative estimate of drug-likeness (QED) is 0.819. The number of carbonyl (C=O) groups is 1. The second kappa shape index (κ2) is 7.42. The SMILES string of the molecule is O=C(CN1CCCN(c2ccc(Br)cn2)CC1)N1CCCC1. The molecule has 0 spiro atoms. The Hall–Kier alpha value is -1.14. The second-order valence-electron chi connectivity index (χ2n) is 6.04. The molecule has 0 radical (unpaired) electrons. The predicted molar refractivity (Wildman–Crippen MR) is 91.0 cm³/mol. The van der Waals surface area contributed by atoms with E-state index in [-0.39, 0.29) is 0 Å². The Bertz CT molecular complexity index is 501. The van der Waals surface area contributed by atoms with Crippen LogP contribution < -0.4 is 4.90 Å². The minimum atomic E-state index is 0.299. The molecule has 0 aromatic carbocycles. The van der Waals surface area contributed by atoms with E-state index in [9.17, 15) is 4.79 Å². The Morgan fingerprint density at radius 2 is 1.86 bits per heavy atom. The number of halogens is 1. The van der Waals surface area contributed by atoms with Gasteiger partial charge in [-0.25, -0.2) is 4.98 Å². The van der Waals surface area contributed by atoms with Crippen molar-refractivity contribution >= 4 is 27.7 Å². The van der Waals surface area contributed by atoms with E-state index in [0.717, 1.165) is 68.8 Å². The van der Waals surface area contributed by atoms with Gasteiger partial charge >= 0.3 is 0 Å². The zero-order chi connectivity index (χ0) is 15.4. The number of amides is 1. The zero-order valence-electron chi connectivity index (χ0n) is 12.9. The van der Waals surface area contributed by atoms with E-state index in [1.165, 1.54) is 0 Å². The molecular formula is C16H23BrN4O. The van der Waals surface area contributed by atoms with Crippen LogP contribution in [0.15, 0.2) is 22.8 Å². The lowest BCUT2D eigenvalue weighted by molar-refractivity contribution is -0.131. The first-order valence-corrected chi connectivity index (χ1v) is 8.88. The Labute approximate surface area is 140 Å². The molecule has 0 unspecified atom stereocenters. The van der Waals surface area contributed by atoms with Crippen molar-refractivity contribution in [1.29, 1.82) is 0 Å². The highest BCUT2D eigenvalue weighted by Crippen LogP contribution is 2.17. The van der Waals surface area contributed by atoms with Crippen LogP contribution in [-0.4, -0.2) is 66.5 Å². The fraction of sp³-hybridized carbons (Fsp3) is 0.625. The van der Waals surface area contributed by atoms with Gasteiger partial charge < -0.3 is 9.80 Å². The van der Waals surface area contributed by atoms with Crippen LogP contribution in [0.1, 0.15) is 19.3 Å². The summed E-state index contributed by atoms with van der Waals surface area (Å²) in [6.07, 6.45) is 5.24. The molecule has 1 amide bonds. The van der Waals surface area contributed by atoms with E-state index in [2.05, 4.69) is 36.8 Å². The molecule has 5 nitrogen and oxygen atoms in total. The normalized spacial score (nSPS) is 20.2. The summed E-state index contributed by atoms with van der Waals surface area (Å²) in [6.45, 7) is 6.32. The number of aromatic nitrogens is 1. The first-order chi connectivity index (χ1) is 10.7. The third-order valence-corrected chi connectivity index (χ3v) is 4.91. The van der Waals surface area contributed by atoms with Crippen molar-refractivity contribution < 1.29 is 4.79 Å². The van der Waals surface area contributed by atoms with Gasteiger partial charge in [0.15, 0.2) is 0 Å². The first-order valence-electron chi connectivity index (χ1n) is 8.09. The van der Waals surface area contributed by atoms with Gasteiger partial charge in [-0.2, -0.15) is 0 Å². The molecule has 22 heavy (non-hydrogen) atoms. The summed E-state index contributed by atoms with van der Waals surface area (Å²) in [5, 5.41) is 0. The van der Waals surface area contributed by atoms with Crippen LogP contribution in [0, 0.1) is 0 Å².